The highest BCUT2D eigenvalue weighted by Gasteiger charge is 2.25. The molecule has 2 amide bonds. The van der Waals surface area contributed by atoms with Crippen LogP contribution in [0.2, 0.25) is 0 Å². The molecule has 0 spiro atoms. The van der Waals surface area contributed by atoms with E-state index in [1.807, 2.05) is 53.3 Å². The second-order valence-electron chi connectivity index (χ2n) is 8.68. The van der Waals surface area contributed by atoms with E-state index in [0.717, 1.165) is 53.1 Å². The second kappa shape index (κ2) is 9.88. The molecule has 2 N–H and O–H groups in total. The fourth-order valence-corrected chi connectivity index (χ4v) is 5.37. The van der Waals surface area contributed by atoms with Gasteiger partial charge in [0.05, 0.1) is 16.8 Å². The minimum atomic E-state index is -0.105. The van der Waals surface area contributed by atoms with Crippen LogP contribution in [0, 0.1) is 5.92 Å². The quantitative estimate of drug-likeness (QED) is 0.551. The second-order valence-corrected chi connectivity index (χ2v) is 9.63. The number of hydrogen-bond donors (Lipinski definition) is 2. The zero-order valence-electron chi connectivity index (χ0n) is 18.7. The van der Waals surface area contributed by atoms with E-state index in [4.69, 9.17) is 0 Å². The van der Waals surface area contributed by atoms with E-state index in [-0.39, 0.29) is 31.0 Å². The first-order chi connectivity index (χ1) is 15.5. The summed E-state index contributed by atoms with van der Waals surface area (Å²) in [4.78, 5) is 28.2. The highest BCUT2D eigenvalue weighted by Crippen LogP contribution is 2.28. The van der Waals surface area contributed by atoms with Gasteiger partial charge in [0.25, 0.3) is 5.91 Å². The Morgan fingerprint density at radius 1 is 1.19 bits per heavy atom. The summed E-state index contributed by atoms with van der Waals surface area (Å²) in [5, 5.41) is 14.6. The Labute approximate surface area is 192 Å². The van der Waals surface area contributed by atoms with E-state index in [1.54, 1.807) is 16.2 Å². The van der Waals surface area contributed by atoms with Gasteiger partial charge in [-0.05, 0) is 73.7 Å². The minimum Gasteiger partial charge on any atom is -0.392 e. The number of hydrogen-bond acceptors (Lipinski definition) is 4. The Morgan fingerprint density at radius 3 is 2.69 bits per heavy atom. The molecule has 0 saturated heterocycles. The Balaban J connectivity index is 1.57. The molecule has 1 fully saturated rings. The molecular formula is C25H31N3O3S. The van der Waals surface area contributed by atoms with Crippen LogP contribution >= 0.6 is 11.3 Å². The van der Waals surface area contributed by atoms with Gasteiger partial charge in [-0.25, -0.2) is 0 Å². The van der Waals surface area contributed by atoms with Crippen molar-refractivity contribution in [2.75, 3.05) is 11.4 Å². The number of thiophene rings is 1. The molecular weight excluding hydrogens is 422 g/mol. The molecule has 1 aliphatic rings. The molecule has 1 aromatic carbocycles. The number of nitrogens with one attached hydrogen (secondary N) is 1. The van der Waals surface area contributed by atoms with Crippen LogP contribution in [0.15, 0.2) is 41.8 Å². The van der Waals surface area contributed by atoms with Gasteiger partial charge in [0.15, 0.2) is 0 Å². The number of carbonyl (C=O) groups is 2. The molecule has 0 bridgehead atoms. The van der Waals surface area contributed by atoms with Crippen LogP contribution < -0.4 is 10.2 Å². The smallest absolute Gasteiger partial charge is 0.268 e. The van der Waals surface area contributed by atoms with Crippen molar-refractivity contribution >= 4 is 39.1 Å². The van der Waals surface area contributed by atoms with E-state index in [9.17, 15) is 14.7 Å². The first kappa shape index (κ1) is 22.6. The average molecular weight is 454 g/mol. The van der Waals surface area contributed by atoms with Crippen LogP contribution in [0.1, 0.15) is 55.6 Å². The molecule has 0 radical (unpaired) electrons. The van der Waals surface area contributed by atoms with Crippen molar-refractivity contribution in [1.82, 2.24) is 9.88 Å². The zero-order chi connectivity index (χ0) is 22.7. The molecule has 2 heterocycles. The van der Waals surface area contributed by atoms with Gasteiger partial charge in [-0.15, -0.1) is 11.3 Å². The number of rotatable bonds is 7. The number of fused-ring (bicyclic) bond motifs is 1. The summed E-state index contributed by atoms with van der Waals surface area (Å²) in [6, 6.07) is 11.4. The Bertz CT molecular complexity index is 1090. The normalized spacial score (nSPS) is 18.6. The monoisotopic (exact) mass is 453 g/mol. The van der Waals surface area contributed by atoms with E-state index < -0.39 is 0 Å². The van der Waals surface area contributed by atoms with Crippen LogP contribution in [0.4, 0.5) is 5.69 Å². The van der Waals surface area contributed by atoms with Gasteiger partial charge in [-0.1, -0.05) is 19.1 Å². The lowest BCUT2D eigenvalue weighted by molar-refractivity contribution is -0.119. The maximum atomic E-state index is 13.3. The molecule has 4 rings (SSSR count). The molecule has 0 unspecified atom stereocenters. The van der Waals surface area contributed by atoms with Crippen LogP contribution in [-0.4, -0.2) is 34.1 Å². The molecule has 170 valence electrons. The van der Waals surface area contributed by atoms with Crippen molar-refractivity contribution in [2.45, 2.75) is 58.7 Å². The van der Waals surface area contributed by atoms with Gasteiger partial charge < -0.3 is 19.9 Å². The molecule has 3 aromatic rings. The van der Waals surface area contributed by atoms with Crippen LogP contribution in [-0.2, 0) is 17.9 Å². The largest absolute Gasteiger partial charge is 0.392 e. The SMILES string of the molecule is CCN(C(=O)Cn1c(C(=O)NC2CCC(C)CC2)cc2sccc21)c1cccc(CO)c1. The number of anilines is 1. The number of amides is 2. The summed E-state index contributed by atoms with van der Waals surface area (Å²) in [7, 11) is 0. The topological polar surface area (TPSA) is 74.6 Å². The number of likely N-dealkylation sites (N-methyl/N-ethyl adjacent to an activating group) is 1. The van der Waals surface area contributed by atoms with E-state index in [0.29, 0.717) is 12.2 Å². The number of nitrogens with zero attached hydrogens (tertiary/aromatic N) is 2. The third kappa shape index (κ3) is 4.74. The molecule has 0 atom stereocenters. The fraction of sp³-hybridized carbons (Fsp3) is 0.440. The van der Waals surface area contributed by atoms with E-state index in [1.165, 1.54) is 0 Å². The summed E-state index contributed by atoms with van der Waals surface area (Å²) in [5.74, 6) is 0.525. The van der Waals surface area contributed by atoms with Gasteiger partial charge in [0.2, 0.25) is 5.91 Å². The van der Waals surface area contributed by atoms with Gasteiger partial charge in [0, 0.05) is 18.3 Å². The molecule has 32 heavy (non-hydrogen) atoms. The molecule has 7 heteroatoms. The van der Waals surface area contributed by atoms with Crippen molar-refractivity contribution in [3.63, 3.8) is 0 Å². The van der Waals surface area contributed by atoms with Crippen molar-refractivity contribution in [3.05, 3.63) is 53.0 Å². The highest BCUT2D eigenvalue weighted by molar-refractivity contribution is 7.17. The number of aliphatic hydroxyl groups excluding tert-OH is 1. The minimum absolute atomic E-state index is 0.0724. The number of carbonyl (C=O) groups excluding carboxylic acids is 2. The average Bonchev–Trinajstić information content (AvgIpc) is 3.39. The first-order valence-electron chi connectivity index (χ1n) is 11.4. The third-order valence-electron chi connectivity index (χ3n) is 6.42. The lowest BCUT2D eigenvalue weighted by Crippen LogP contribution is -2.39. The molecule has 1 aliphatic carbocycles. The van der Waals surface area contributed by atoms with Crippen LogP contribution in [0.5, 0.6) is 0 Å². The van der Waals surface area contributed by atoms with Crippen LogP contribution in [0.25, 0.3) is 10.2 Å². The lowest BCUT2D eigenvalue weighted by atomic mass is 9.87. The standard InChI is InChI=1S/C25H31N3O3S/c1-3-27(20-6-4-5-18(13-20)16-29)24(30)15-28-21-11-12-32-23(21)14-22(28)25(31)26-19-9-7-17(2)8-10-19/h4-6,11-14,17,19,29H,3,7-10,15-16H2,1-2H3,(H,26,31). The Kier molecular flexibility index (Phi) is 6.96. The summed E-state index contributed by atoms with van der Waals surface area (Å²) in [6.07, 6.45) is 4.28. The number of aliphatic hydroxyl groups is 1. The van der Waals surface area contributed by atoms with Crippen molar-refractivity contribution in [3.8, 4) is 0 Å². The predicted octanol–water partition coefficient (Wildman–Crippen LogP) is 4.56. The van der Waals surface area contributed by atoms with E-state index >= 15 is 0 Å². The fourth-order valence-electron chi connectivity index (χ4n) is 4.55. The van der Waals surface area contributed by atoms with Crippen LogP contribution in [0.3, 0.4) is 0 Å². The molecule has 1 saturated carbocycles. The highest BCUT2D eigenvalue weighted by atomic mass is 32.1. The van der Waals surface area contributed by atoms with Gasteiger partial charge in [-0.3, -0.25) is 9.59 Å². The van der Waals surface area contributed by atoms with Gasteiger partial charge in [0.1, 0.15) is 12.2 Å². The Hall–Kier alpha value is -2.64. The maximum Gasteiger partial charge on any atom is 0.268 e. The van der Waals surface area contributed by atoms with Gasteiger partial charge in [-0.2, -0.15) is 0 Å². The van der Waals surface area contributed by atoms with Gasteiger partial charge >= 0.3 is 0 Å². The summed E-state index contributed by atoms with van der Waals surface area (Å²) in [5.41, 5.74) is 2.96. The first-order valence-corrected chi connectivity index (χ1v) is 12.3. The van der Waals surface area contributed by atoms with Crippen molar-refractivity contribution in [2.24, 2.45) is 5.92 Å². The third-order valence-corrected chi connectivity index (χ3v) is 7.28. The summed E-state index contributed by atoms with van der Waals surface area (Å²) >= 11 is 1.58. The van der Waals surface area contributed by atoms with Crippen molar-refractivity contribution in [1.29, 1.82) is 0 Å². The molecule has 6 nitrogen and oxygen atoms in total. The summed E-state index contributed by atoms with van der Waals surface area (Å²) in [6.45, 7) is 4.71. The lowest BCUT2D eigenvalue weighted by Gasteiger charge is -2.27. The number of benzene rings is 1. The molecule has 0 aliphatic heterocycles. The Morgan fingerprint density at radius 2 is 1.97 bits per heavy atom. The molecule has 2 aromatic heterocycles. The number of aromatic nitrogens is 1. The maximum absolute atomic E-state index is 13.3. The summed E-state index contributed by atoms with van der Waals surface area (Å²) < 4.78 is 2.85. The zero-order valence-corrected chi connectivity index (χ0v) is 19.5. The predicted molar refractivity (Wildman–Crippen MR) is 129 cm³/mol. The van der Waals surface area contributed by atoms with E-state index in [2.05, 4.69) is 12.2 Å². The van der Waals surface area contributed by atoms with Crippen molar-refractivity contribution < 1.29 is 14.7 Å².